The summed E-state index contributed by atoms with van der Waals surface area (Å²) in [7, 11) is 2.10. The first-order valence-electron chi connectivity index (χ1n) is 5.18. The lowest BCUT2D eigenvalue weighted by molar-refractivity contribution is -0.133. The van der Waals surface area contributed by atoms with Crippen LogP contribution in [0.1, 0.15) is 26.7 Å². The predicted octanol–water partition coefficient (Wildman–Crippen LogP) is 0.344. The molecular weight excluding hydrogens is 178 g/mol. The highest BCUT2D eigenvalue weighted by molar-refractivity contribution is 5.81. The van der Waals surface area contributed by atoms with Gasteiger partial charge < -0.3 is 4.90 Å². The van der Waals surface area contributed by atoms with Gasteiger partial charge in [0.25, 0.3) is 0 Å². The maximum absolute atomic E-state index is 11.6. The molecule has 1 amide bonds. The molecule has 14 heavy (non-hydrogen) atoms. The third-order valence-electron chi connectivity index (χ3n) is 3.36. The fourth-order valence-corrected chi connectivity index (χ4v) is 2.13. The number of amides is 1. The molecule has 1 atom stereocenters. The highest BCUT2D eigenvalue weighted by Crippen LogP contribution is 2.33. The molecule has 4 heteroatoms. The van der Waals surface area contributed by atoms with E-state index < -0.39 is 0 Å². The Morgan fingerprint density at radius 1 is 1.57 bits per heavy atom. The fraction of sp³-hybridized carbons (Fsp3) is 0.900. The zero-order valence-corrected chi connectivity index (χ0v) is 9.34. The molecule has 0 aliphatic carbocycles. The first kappa shape index (κ1) is 11.5. The van der Waals surface area contributed by atoms with Crippen molar-refractivity contribution in [1.82, 2.24) is 10.3 Å². The highest BCUT2D eigenvalue weighted by Gasteiger charge is 2.37. The second-order valence-electron chi connectivity index (χ2n) is 4.80. The Balaban J connectivity index is 2.66. The number of carbonyl (C=O) groups is 1. The van der Waals surface area contributed by atoms with Crippen LogP contribution in [0.2, 0.25) is 0 Å². The summed E-state index contributed by atoms with van der Waals surface area (Å²) >= 11 is 0. The number of hydrazine groups is 1. The summed E-state index contributed by atoms with van der Waals surface area (Å²) in [6, 6.07) is 0. The van der Waals surface area contributed by atoms with Gasteiger partial charge in [0.05, 0.1) is 0 Å². The van der Waals surface area contributed by atoms with E-state index in [0.29, 0.717) is 5.92 Å². The molecule has 4 nitrogen and oxygen atoms in total. The number of nitrogens with one attached hydrogen (secondary N) is 1. The molecule has 82 valence electrons. The Kier molecular flexibility index (Phi) is 3.50. The number of nitrogens with zero attached hydrogens (tertiary/aromatic N) is 1. The number of carbonyl (C=O) groups excluding carboxylic acids is 1. The topological polar surface area (TPSA) is 58.4 Å². The van der Waals surface area contributed by atoms with Crippen molar-refractivity contribution < 1.29 is 4.79 Å². The minimum Gasteiger partial charge on any atom is -0.306 e. The van der Waals surface area contributed by atoms with Gasteiger partial charge in [0, 0.05) is 12.0 Å². The lowest BCUT2D eigenvalue weighted by Crippen LogP contribution is -2.49. The van der Waals surface area contributed by atoms with E-state index in [2.05, 4.69) is 17.4 Å². The third-order valence-corrected chi connectivity index (χ3v) is 3.36. The average Bonchev–Trinajstić information content (AvgIpc) is 2.16. The Morgan fingerprint density at radius 2 is 2.21 bits per heavy atom. The largest absolute Gasteiger partial charge is 0.306 e. The van der Waals surface area contributed by atoms with Crippen LogP contribution in [-0.4, -0.2) is 30.9 Å². The summed E-state index contributed by atoms with van der Waals surface area (Å²) in [5.41, 5.74) is 1.90. The second-order valence-corrected chi connectivity index (χ2v) is 4.80. The molecule has 0 aromatic heterocycles. The first-order valence-corrected chi connectivity index (χ1v) is 5.18. The van der Waals surface area contributed by atoms with Gasteiger partial charge in [-0.25, -0.2) is 5.84 Å². The molecule has 1 rings (SSSR count). The van der Waals surface area contributed by atoms with Gasteiger partial charge in [-0.2, -0.15) is 0 Å². The van der Waals surface area contributed by atoms with Crippen LogP contribution < -0.4 is 11.3 Å². The molecule has 1 heterocycles. The lowest BCUT2D eigenvalue weighted by atomic mass is 9.74. The van der Waals surface area contributed by atoms with Crippen LogP contribution in [0.5, 0.6) is 0 Å². The van der Waals surface area contributed by atoms with Gasteiger partial charge in [0.2, 0.25) is 5.91 Å². The van der Waals surface area contributed by atoms with Crippen LogP contribution >= 0.6 is 0 Å². The fourth-order valence-electron chi connectivity index (χ4n) is 2.13. The maximum Gasteiger partial charge on any atom is 0.239 e. The van der Waals surface area contributed by atoms with E-state index in [4.69, 9.17) is 5.84 Å². The monoisotopic (exact) mass is 199 g/mol. The van der Waals surface area contributed by atoms with Gasteiger partial charge in [-0.05, 0) is 32.4 Å². The van der Waals surface area contributed by atoms with E-state index in [0.717, 1.165) is 19.5 Å². The SMILES string of the molecule is CN1CCCC(C(C)(C)C(=O)NN)C1. The van der Waals surface area contributed by atoms with Crippen molar-refractivity contribution in [3.63, 3.8) is 0 Å². The van der Waals surface area contributed by atoms with Crippen molar-refractivity contribution in [2.75, 3.05) is 20.1 Å². The second kappa shape index (κ2) is 4.28. The Hall–Kier alpha value is -0.610. The standard InChI is InChI=1S/C10H21N3O/c1-10(2,9(14)12-11)8-5-4-6-13(3)7-8/h8H,4-7,11H2,1-3H3,(H,12,14). The van der Waals surface area contributed by atoms with Crippen molar-refractivity contribution in [3.05, 3.63) is 0 Å². The van der Waals surface area contributed by atoms with Crippen LogP contribution in [0.15, 0.2) is 0 Å². The summed E-state index contributed by atoms with van der Waals surface area (Å²) in [5.74, 6) is 5.54. The molecule has 1 fully saturated rings. The van der Waals surface area contributed by atoms with Crippen molar-refractivity contribution >= 4 is 5.91 Å². The molecule has 0 saturated carbocycles. The van der Waals surface area contributed by atoms with Gasteiger partial charge in [-0.15, -0.1) is 0 Å². The Morgan fingerprint density at radius 3 is 2.71 bits per heavy atom. The van der Waals surface area contributed by atoms with Crippen LogP contribution in [0.4, 0.5) is 0 Å². The zero-order chi connectivity index (χ0) is 10.8. The number of hydrogen-bond donors (Lipinski definition) is 2. The van der Waals surface area contributed by atoms with Gasteiger partial charge in [0.15, 0.2) is 0 Å². The predicted molar refractivity (Wildman–Crippen MR) is 56.3 cm³/mol. The molecule has 0 spiro atoms. The van der Waals surface area contributed by atoms with Crippen LogP contribution in [0.25, 0.3) is 0 Å². The van der Waals surface area contributed by atoms with Crippen LogP contribution in [0.3, 0.4) is 0 Å². The van der Waals surface area contributed by atoms with Gasteiger partial charge >= 0.3 is 0 Å². The summed E-state index contributed by atoms with van der Waals surface area (Å²) in [4.78, 5) is 13.9. The molecule has 1 aliphatic heterocycles. The smallest absolute Gasteiger partial charge is 0.239 e. The van der Waals surface area contributed by atoms with Gasteiger partial charge in [0.1, 0.15) is 0 Å². The highest BCUT2D eigenvalue weighted by atomic mass is 16.2. The maximum atomic E-state index is 11.6. The minimum atomic E-state index is -0.358. The van der Waals surface area contributed by atoms with Crippen LogP contribution in [-0.2, 0) is 4.79 Å². The first-order chi connectivity index (χ1) is 6.48. The van der Waals surface area contributed by atoms with Gasteiger partial charge in [-0.1, -0.05) is 13.8 Å². The van der Waals surface area contributed by atoms with Crippen molar-refractivity contribution in [2.24, 2.45) is 17.2 Å². The summed E-state index contributed by atoms with van der Waals surface area (Å²) in [6.07, 6.45) is 2.28. The normalized spacial score (nSPS) is 24.7. The molecule has 0 aromatic rings. The van der Waals surface area contributed by atoms with Crippen molar-refractivity contribution in [1.29, 1.82) is 0 Å². The summed E-state index contributed by atoms with van der Waals surface area (Å²) in [5, 5.41) is 0. The molecule has 0 bridgehead atoms. The summed E-state index contributed by atoms with van der Waals surface area (Å²) < 4.78 is 0. The van der Waals surface area contributed by atoms with E-state index >= 15 is 0 Å². The van der Waals surface area contributed by atoms with E-state index in [1.54, 1.807) is 0 Å². The minimum absolute atomic E-state index is 0.0576. The van der Waals surface area contributed by atoms with E-state index in [1.807, 2.05) is 13.8 Å². The number of piperidine rings is 1. The van der Waals surface area contributed by atoms with Crippen molar-refractivity contribution in [3.8, 4) is 0 Å². The lowest BCUT2D eigenvalue weighted by Gasteiger charge is -2.38. The molecule has 1 aliphatic rings. The molecule has 3 N–H and O–H groups in total. The number of hydrogen-bond acceptors (Lipinski definition) is 3. The number of nitrogens with two attached hydrogens (primary N) is 1. The molecular formula is C10H21N3O. The van der Waals surface area contributed by atoms with E-state index in [1.165, 1.54) is 6.42 Å². The zero-order valence-electron chi connectivity index (χ0n) is 9.34. The molecule has 0 aromatic carbocycles. The molecule has 1 saturated heterocycles. The van der Waals surface area contributed by atoms with E-state index in [9.17, 15) is 4.79 Å². The molecule has 0 radical (unpaired) electrons. The average molecular weight is 199 g/mol. The quantitative estimate of drug-likeness (QED) is 0.383. The molecule has 1 unspecified atom stereocenters. The number of rotatable bonds is 2. The van der Waals surface area contributed by atoms with Gasteiger partial charge in [-0.3, -0.25) is 10.2 Å². The van der Waals surface area contributed by atoms with Crippen molar-refractivity contribution in [2.45, 2.75) is 26.7 Å². The third kappa shape index (κ3) is 2.25. The van der Waals surface area contributed by atoms with Crippen LogP contribution in [0, 0.1) is 11.3 Å². The number of likely N-dealkylation sites (tertiary alicyclic amines) is 1. The Bertz CT molecular complexity index is 215. The van der Waals surface area contributed by atoms with E-state index in [-0.39, 0.29) is 11.3 Å². The Labute approximate surface area is 85.8 Å². The summed E-state index contributed by atoms with van der Waals surface area (Å²) in [6.45, 7) is 6.06.